The molecule has 5 rings (SSSR count). The van der Waals surface area contributed by atoms with Gasteiger partial charge in [0, 0.05) is 23.2 Å². The van der Waals surface area contributed by atoms with Crippen LogP contribution >= 0.6 is 11.6 Å². The van der Waals surface area contributed by atoms with Gasteiger partial charge in [-0.25, -0.2) is 0 Å². The number of halogens is 1. The largest absolute Gasteiger partial charge is 0.314 e. The van der Waals surface area contributed by atoms with E-state index in [1.54, 1.807) is 4.90 Å². The molecule has 3 aromatic carbocycles. The van der Waals surface area contributed by atoms with E-state index < -0.39 is 5.41 Å². The van der Waals surface area contributed by atoms with Gasteiger partial charge in [0.2, 0.25) is 5.91 Å². The van der Waals surface area contributed by atoms with E-state index in [-0.39, 0.29) is 17.4 Å². The smallest absolute Gasteiger partial charge is 0.237 e. The predicted octanol–water partition coefficient (Wildman–Crippen LogP) is 6.67. The summed E-state index contributed by atoms with van der Waals surface area (Å²) in [6.45, 7) is 6.61. The lowest BCUT2D eigenvalue weighted by Crippen LogP contribution is -2.43. The average molecular weight is 472 g/mol. The molecular formula is C29H30ClN3O. The van der Waals surface area contributed by atoms with E-state index in [2.05, 4.69) is 56.1 Å². The molecule has 0 saturated heterocycles. The van der Waals surface area contributed by atoms with Gasteiger partial charge in [-0.3, -0.25) is 9.80 Å². The van der Waals surface area contributed by atoms with Crippen molar-refractivity contribution in [2.24, 2.45) is 10.5 Å². The van der Waals surface area contributed by atoms with Crippen LogP contribution in [0.15, 0.2) is 84.0 Å². The zero-order chi connectivity index (χ0) is 24.1. The molecule has 0 N–H and O–H groups in total. The molecule has 0 fully saturated rings. The van der Waals surface area contributed by atoms with Crippen molar-refractivity contribution in [2.75, 3.05) is 17.0 Å². The Morgan fingerprint density at radius 1 is 0.912 bits per heavy atom. The summed E-state index contributed by atoms with van der Waals surface area (Å²) in [5.41, 5.74) is 4.55. The third-order valence-corrected chi connectivity index (χ3v) is 7.89. The maximum atomic E-state index is 13.4. The van der Waals surface area contributed by atoms with Gasteiger partial charge in [0.1, 0.15) is 0 Å². The Labute approximate surface area is 206 Å². The second-order valence-corrected chi connectivity index (χ2v) is 10.6. The molecule has 2 heterocycles. The summed E-state index contributed by atoms with van der Waals surface area (Å²) in [6.07, 6.45) is 1.56. The number of carbonyl (C=O) groups is 1. The molecule has 0 saturated carbocycles. The monoisotopic (exact) mass is 471 g/mol. The minimum absolute atomic E-state index is 0.0894. The molecule has 3 aromatic rings. The Morgan fingerprint density at radius 2 is 1.56 bits per heavy atom. The molecule has 2 unspecified atom stereocenters. The minimum atomic E-state index is -0.553. The highest BCUT2D eigenvalue weighted by Crippen LogP contribution is 2.47. The number of hydrogen-bond acceptors (Lipinski definition) is 3. The van der Waals surface area contributed by atoms with E-state index in [4.69, 9.17) is 16.7 Å². The maximum absolute atomic E-state index is 13.4. The van der Waals surface area contributed by atoms with Crippen LogP contribution in [-0.2, 0) is 10.2 Å². The standard InChI is InChI=1S/C29H30ClN3O/c1-28(2)25(18-19-29(3)23-12-8-9-13-24(23)32(4)27(29)34)33(22-16-14-21(30)15-17-22)31-26(28)20-10-6-5-7-11-20/h5-17,25H,18-19H2,1-4H3. The Kier molecular flexibility index (Phi) is 5.52. The molecule has 5 heteroatoms. The molecule has 0 spiro atoms. The van der Waals surface area contributed by atoms with Crippen LogP contribution in [0.1, 0.15) is 44.7 Å². The van der Waals surface area contributed by atoms with Crippen molar-refractivity contribution < 1.29 is 4.79 Å². The molecule has 0 radical (unpaired) electrons. The highest BCUT2D eigenvalue weighted by Gasteiger charge is 2.49. The molecule has 2 atom stereocenters. The Morgan fingerprint density at radius 3 is 2.26 bits per heavy atom. The van der Waals surface area contributed by atoms with E-state index in [9.17, 15) is 4.79 Å². The van der Waals surface area contributed by atoms with Crippen molar-refractivity contribution in [1.82, 2.24) is 0 Å². The normalized spacial score (nSPS) is 23.3. The van der Waals surface area contributed by atoms with Crippen LogP contribution in [0.2, 0.25) is 5.02 Å². The van der Waals surface area contributed by atoms with Gasteiger partial charge in [0.25, 0.3) is 0 Å². The summed E-state index contributed by atoms with van der Waals surface area (Å²) in [6, 6.07) is 26.5. The Hall–Kier alpha value is -3.11. The van der Waals surface area contributed by atoms with Gasteiger partial charge < -0.3 is 4.90 Å². The first kappa shape index (κ1) is 22.7. The summed E-state index contributed by atoms with van der Waals surface area (Å²) in [4.78, 5) is 15.2. The number of hydrogen-bond donors (Lipinski definition) is 0. The number of rotatable bonds is 5. The van der Waals surface area contributed by atoms with Gasteiger partial charge in [0.05, 0.1) is 22.9 Å². The van der Waals surface area contributed by atoms with Crippen molar-refractivity contribution in [3.8, 4) is 0 Å². The number of nitrogens with zero attached hydrogens (tertiary/aromatic N) is 3. The molecule has 0 aliphatic carbocycles. The number of benzene rings is 3. The number of amides is 1. The van der Waals surface area contributed by atoms with E-state index in [1.807, 2.05) is 55.6 Å². The fourth-order valence-electron chi connectivity index (χ4n) is 5.60. The number of anilines is 2. The third kappa shape index (κ3) is 3.52. The first-order valence-corrected chi connectivity index (χ1v) is 12.2. The summed E-state index contributed by atoms with van der Waals surface area (Å²) in [7, 11) is 1.88. The lowest BCUT2D eigenvalue weighted by molar-refractivity contribution is -0.122. The van der Waals surface area contributed by atoms with Gasteiger partial charge in [-0.2, -0.15) is 5.10 Å². The highest BCUT2D eigenvalue weighted by atomic mass is 35.5. The molecule has 0 bridgehead atoms. The van der Waals surface area contributed by atoms with Gasteiger partial charge >= 0.3 is 0 Å². The van der Waals surface area contributed by atoms with Crippen LogP contribution in [0.25, 0.3) is 0 Å². The lowest BCUT2D eigenvalue weighted by atomic mass is 9.72. The SMILES string of the molecule is CN1C(=O)C(C)(CCC2N(c3ccc(Cl)cc3)N=C(c3ccccc3)C2(C)C)c2ccccc21. The van der Waals surface area contributed by atoms with Crippen LogP contribution in [-0.4, -0.2) is 24.7 Å². The number of likely N-dealkylation sites (N-methyl/N-ethyl adjacent to an activating group) is 1. The number of hydrazone groups is 1. The van der Waals surface area contributed by atoms with Gasteiger partial charge in [-0.15, -0.1) is 0 Å². The highest BCUT2D eigenvalue weighted by molar-refractivity contribution is 6.30. The second kappa shape index (κ2) is 8.28. The maximum Gasteiger partial charge on any atom is 0.237 e. The van der Waals surface area contributed by atoms with E-state index in [1.165, 1.54) is 0 Å². The predicted molar refractivity (Wildman–Crippen MR) is 141 cm³/mol. The second-order valence-electron chi connectivity index (χ2n) is 10.1. The van der Waals surface area contributed by atoms with Crippen LogP contribution in [0.4, 0.5) is 11.4 Å². The zero-order valence-corrected chi connectivity index (χ0v) is 20.9. The first-order valence-electron chi connectivity index (χ1n) is 11.8. The first-order chi connectivity index (χ1) is 16.2. The summed E-state index contributed by atoms with van der Waals surface area (Å²) in [5, 5.41) is 7.99. The van der Waals surface area contributed by atoms with Crippen LogP contribution in [0.3, 0.4) is 0 Å². The van der Waals surface area contributed by atoms with E-state index in [0.717, 1.165) is 41.1 Å². The van der Waals surface area contributed by atoms with E-state index in [0.29, 0.717) is 5.02 Å². The average Bonchev–Trinajstić information content (AvgIpc) is 3.22. The van der Waals surface area contributed by atoms with Crippen LogP contribution in [0, 0.1) is 5.41 Å². The fourth-order valence-corrected chi connectivity index (χ4v) is 5.73. The molecule has 174 valence electrons. The van der Waals surface area contributed by atoms with Crippen molar-refractivity contribution >= 4 is 34.6 Å². The zero-order valence-electron chi connectivity index (χ0n) is 20.1. The number of carbonyl (C=O) groups excluding carboxylic acids is 1. The third-order valence-electron chi connectivity index (χ3n) is 7.64. The molecule has 2 aliphatic heterocycles. The van der Waals surface area contributed by atoms with Gasteiger partial charge in [-0.05, 0) is 61.2 Å². The molecule has 34 heavy (non-hydrogen) atoms. The summed E-state index contributed by atoms with van der Waals surface area (Å²) >= 11 is 6.18. The topological polar surface area (TPSA) is 35.9 Å². The van der Waals surface area contributed by atoms with Crippen molar-refractivity contribution in [3.05, 3.63) is 95.0 Å². The molecule has 0 aromatic heterocycles. The van der Waals surface area contributed by atoms with Crippen molar-refractivity contribution in [3.63, 3.8) is 0 Å². The van der Waals surface area contributed by atoms with Gasteiger partial charge in [0.15, 0.2) is 0 Å². The number of fused-ring (bicyclic) bond motifs is 1. The summed E-state index contributed by atoms with van der Waals surface area (Å²) < 4.78 is 0. The molecule has 1 amide bonds. The Balaban J connectivity index is 1.51. The van der Waals surface area contributed by atoms with Crippen LogP contribution < -0.4 is 9.91 Å². The molecule has 4 nitrogen and oxygen atoms in total. The Bertz CT molecular complexity index is 1250. The summed E-state index contributed by atoms with van der Waals surface area (Å²) in [5.74, 6) is 0.159. The minimum Gasteiger partial charge on any atom is -0.314 e. The van der Waals surface area contributed by atoms with Crippen molar-refractivity contribution in [2.45, 2.75) is 45.1 Å². The number of para-hydroxylation sites is 1. The molecule has 2 aliphatic rings. The van der Waals surface area contributed by atoms with Crippen LogP contribution in [0.5, 0.6) is 0 Å². The quantitative estimate of drug-likeness (QED) is 0.416. The fraction of sp³-hybridized carbons (Fsp3) is 0.310. The van der Waals surface area contributed by atoms with Gasteiger partial charge in [-0.1, -0.05) is 74.0 Å². The molecular weight excluding hydrogens is 442 g/mol. The van der Waals surface area contributed by atoms with Crippen molar-refractivity contribution in [1.29, 1.82) is 0 Å². The lowest BCUT2D eigenvalue weighted by Gasteiger charge is -2.35. The van der Waals surface area contributed by atoms with E-state index >= 15 is 0 Å².